The van der Waals surface area contributed by atoms with Crippen molar-refractivity contribution in [2.24, 2.45) is 11.8 Å². The molecule has 0 radical (unpaired) electrons. The molecule has 0 spiro atoms. The molecule has 0 aromatic carbocycles. The molecule has 2 aliphatic heterocycles. The van der Waals surface area contributed by atoms with Crippen LogP contribution in [-0.4, -0.2) is 24.6 Å². The molecular weight excluding hydrogens is 190 g/mol. The molecule has 0 aromatic heterocycles. The molecule has 2 aliphatic rings. The molecule has 2 heterocycles. The van der Waals surface area contributed by atoms with Gasteiger partial charge in [0.25, 0.3) is 0 Å². The fourth-order valence-electron chi connectivity index (χ4n) is 2.75. The zero-order valence-electron chi connectivity index (χ0n) is 9.13. The standard InChI is InChI=1S/C12H23NS/c1-3-7-13-9-11(5-1)12-6-2-4-8-14-10-12/h11-13H,1-10H2. The molecule has 82 valence electrons. The average molecular weight is 213 g/mol. The maximum Gasteiger partial charge on any atom is -0.00176 e. The summed E-state index contributed by atoms with van der Waals surface area (Å²) in [4.78, 5) is 0. The van der Waals surface area contributed by atoms with E-state index in [1.165, 1.54) is 63.1 Å². The SMILES string of the molecule is C1CCC(C2CCCCSC2)CNC1. The first-order valence-electron chi connectivity index (χ1n) is 6.25. The molecule has 2 saturated heterocycles. The second kappa shape index (κ2) is 6.02. The van der Waals surface area contributed by atoms with Crippen molar-refractivity contribution >= 4 is 11.8 Å². The summed E-state index contributed by atoms with van der Waals surface area (Å²) >= 11 is 2.20. The quantitative estimate of drug-likeness (QED) is 0.719. The zero-order chi connectivity index (χ0) is 9.64. The van der Waals surface area contributed by atoms with Crippen molar-refractivity contribution in [3.05, 3.63) is 0 Å². The smallest absolute Gasteiger partial charge is 0.00176 e. The van der Waals surface area contributed by atoms with Gasteiger partial charge in [0.05, 0.1) is 0 Å². The Hall–Kier alpha value is 0.310. The predicted octanol–water partition coefficient (Wildman–Crippen LogP) is 2.91. The number of hydrogen-bond donors (Lipinski definition) is 1. The largest absolute Gasteiger partial charge is 0.316 e. The summed E-state index contributed by atoms with van der Waals surface area (Å²) in [5.41, 5.74) is 0. The molecular formula is C12H23NS. The predicted molar refractivity (Wildman–Crippen MR) is 64.9 cm³/mol. The van der Waals surface area contributed by atoms with E-state index in [1.807, 2.05) is 0 Å². The van der Waals surface area contributed by atoms with E-state index in [0.29, 0.717) is 0 Å². The first-order chi connectivity index (χ1) is 6.97. The van der Waals surface area contributed by atoms with Crippen LogP contribution in [0.5, 0.6) is 0 Å². The van der Waals surface area contributed by atoms with Gasteiger partial charge in [-0.15, -0.1) is 0 Å². The van der Waals surface area contributed by atoms with Crippen LogP contribution in [0.1, 0.15) is 38.5 Å². The van der Waals surface area contributed by atoms with E-state index in [1.54, 1.807) is 0 Å². The summed E-state index contributed by atoms with van der Waals surface area (Å²) in [5, 5.41) is 3.61. The van der Waals surface area contributed by atoms with Crippen LogP contribution in [0.25, 0.3) is 0 Å². The highest BCUT2D eigenvalue weighted by atomic mass is 32.2. The van der Waals surface area contributed by atoms with Crippen LogP contribution in [0.3, 0.4) is 0 Å². The molecule has 0 aromatic rings. The van der Waals surface area contributed by atoms with Gasteiger partial charge in [0.1, 0.15) is 0 Å². The van der Waals surface area contributed by atoms with Gasteiger partial charge < -0.3 is 5.32 Å². The van der Waals surface area contributed by atoms with Gasteiger partial charge in [0.2, 0.25) is 0 Å². The van der Waals surface area contributed by atoms with E-state index in [0.717, 1.165) is 11.8 Å². The van der Waals surface area contributed by atoms with E-state index in [4.69, 9.17) is 0 Å². The minimum atomic E-state index is 0.989. The second-order valence-corrected chi connectivity index (χ2v) is 5.94. The summed E-state index contributed by atoms with van der Waals surface area (Å²) in [5.74, 6) is 4.86. The molecule has 0 saturated carbocycles. The van der Waals surface area contributed by atoms with Crippen LogP contribution in [-0.2, 0) is 0 Å². The molecule has 1 nitrogen and oxygen atoms in total. The lowest BCUT2D eigenvalue weighted by Gasteiger charge is -2.24. The van der Waals surface area contributed by atoms with Crippen molar-refractivity contribution < 1.29 is 0 Å². The number of rotatable bonds is 1. The highest BCUT2D eigenvalue weighted by Gasteiger charge is 2.23. The van der Waals surface area contributed by atoms with E-state index < -0.39 is 0 Å². The molecule has 0 aliphatic carbocycles. The third kappa shape index (κ3) is 3.16. The first-order valence-corrected chi connectivity index (χ1v) is 7.41. The van der Waals surface area contributed by atoms with Gasteiger partial charge in [0, 0.05) is 0 Å². The van der Waals surface area contributed by atoms with Gasteiger partial charge >= 0.3 is 0 Å². The summed E-state index contributed by atoms with van der Waals surface area (Å²) in [6.45, 7) is 2.56. The Morgan fingerprint density at radius 1 is 0.929 bits per heavy atom. The number of hydrogen-bond acceptors (Lipinski definition) is 2. The molecule has 0 bridgehead atoms. The summed E-state index contributed by atoms with van der Waals surface area (Å²) in [7, 11) is 0. The Labute approximate surface area is 92.4 Å². The molecule has 2 heteroatoms. The average Bonchev–Trinajstić information content (AvgIpc) is 2.62. The monoisotopic (exact) mass is 213 g/mol. The fourth-order valence-corrected chi connectivity index (χ4v) is 4.07. The maximum absolute atomic E-state index is 3.61. The molecule has 2 fully saturated rings. The van der Waals surface area contributed by atoms with Crippen molar-refractivity contribution in [1.82, 2.24) is 5.32 Å². The summed E-state index contributed by atoms with van der Waals surface area (Å²) < 4.78 is 0. The Balaban J connectivity index is 1.83. The maximum atomic E-state index is 3.61. The van der Waals surface area contributed by atoms with Crippen LogP contribution in [0, 0.1) is 11.8 Å². The highest BCUT2D eigenvalue weighted by molar-refractivity contribution is 7.99. The van der Waals surface area contributed by atoms with E-state index in [2.05, 4.69) is 17.1 Å². The lowest BCUT2D eigenvalue weighted by molar-refractivity contribution is 0.319. The number of thioether (sulfide) groups is 1. The zero-order valence-corrected chi connectivity index (χ0v) is 9.95. The lowest BCUT2D eigenvalue weighted by atomic mass is 9.86. The third-order valence-corrected chi connectivity index (χ3v) is 4.94. The molecule has 0 amide bonds. The molecule has 2 unspecified atom stereocenters. The van der Waals surface area contributed by atoms with E-state index in [-0.39, 0.29) is 0 Å². The van der Waals surface area contributed by atoms with Gasteiger partial charge in [-0.2, -0.15) is 11.8 Å². The van der Waals surface area contributed by atoms with Crippen LogP contribution in [0.4, 0.5) is 0 Å². The Morgan fingerprint density at radius 3 is 2.79 bits per heavy atom. The van der Waals surface area contributed by atoms with Gasteiger partial charge in [-0.3, -0.25) is 0 Å². The second-order valence-electron chi connectivity index (χ2n) is 4.79. The molecule has 14 heavy (non-hydrogen) atoms. The first kappa shape index (κ1) is 10.8. The Bertz CT molecular complexity index is 126. The normalized spacial score (nSPS) is 36.0. The van der Waals surface area contributed by atoms with Crippen molar-refractivity contribution in [2.45, 2.75) is 38.5 Å². The van der Waals surface area contributed by atoms with Gasteiger partial charge in [-0.05, 0) is 62.1 Å². The van der Waals surface area contributed by atoms with E-state index in [9.17, 15) is 0 Å². The Kier molecular flexibility index (Phi) is 4.65. The van der Waals surface area contributed by atoms with Crippen LogP contribution in [0.15, 0.2) is 0 Å². The summed E-state index contributed by atoms with van der Waals surface area (Å²) in [6, 6.07) is 0. The number of nitrogens with one attached hydrogen (secondary N) is 1. The Morgan fingerprint density at radius 2 is 1.79 bits per heavy atom. The van der Waals surface area contributed by atoms with Crippen molar-refractivity contribution in [3.8, 4) is 0 Å². The van der Waals surface area contributed by atoms with Crippen molar-refractivity contribution in [3.63, 3.8) is 0 Å². The summed E-state index contributed by atoms with van der Waals surface area (Å²) in [6.07, 6.45) is 8.78. The van der Waals surface area contributed by atoms with Gasteiger partial charge in [-0.1, -0.05) is 12.8 Å². The molecule has 2 atom stereocenters. The minimum absolute atomic E-state index is 0.989. The van der Waals surface area contributed by atoms with Crippen LogP contribution >= 0.6 is 11.8 Å². The van der Waals surface area contributed by atoms with Crippen molar-refractivity contribution in [2.75, 3.05) is 24.6 Å². The van der Waals surface area contributed by atoms with Crippen LogP contribution in [0.2, 0.25) is 0 Å². The van der Waals surface area contributed by atoms with E-state index >= 15 is 0 Å². The van der Waals surface area contributed by atoms with Gasteiger partial charge in [-0.25, -0.2) is 0 Å². The third-order valence-electron chi connectivity index (χ3n) is 3.70. The van der Waals surface area contributed by atoms with Gasteiger partial charge in [0.15, 0.2) is 0 Å². The van der Waals surface area contributed by atoms with Crippen LogP contribution < -0.4 is 5.32 Å². The fraction of sp³-hybridized carbons (Fsp3) is 1.00. The highest BCUT2D eigenvalue weighted by Crippen LogP contribution is 2.30. The topological polar surface area (TPSA) is 12.0 Å². The minimum Gasteiger partial charge on any atom is -0.316 e. The van der Waals surface area contributed by atoms with Crippen molar-refractivity contribution in [1.29, 1.82) is 0 Å². The molecule has 2 rings (SSSR count). The lowest BCUT2D eigenvalue weighted by Crippen LogP contribution is -2.27. The molecule has 1 N–H and O–H groups in total.